The first-order valence-corrected chi connectivity index (χ1v) is 20.8. The lowest BCUT2D eigenvalue weighted by Crippen LogP contribution is -2.55. The van der Waals surface area contributed by atoms with Gasteiger partial charge >= 0.3 is 6.09 Å². The number of hydrogen-bond acceptors (Lipinski definition) is 5. The van der Waals surface area contributed by atoms with Crippen LogP contribution in [0.3, 0.4) is 0 Å². The maximum atomic E-state index is 14.2. The molecular formula is C33H59NO5Si2. The standard InChI is InChI=1S/C33H59NO5Si2/c1-13-40(14-2,15-3)39-31(26(10)28(12)38-41(23(4)5,24(6)7)25(8)9)27(11)32(35)34-30(22-37-33(34)36)21-29-19-17-16-18-20-29/h16-20,23-28,30-31H,13-15,21-22H2,1-12H3/t26-,27+,28+,30+,31-/m0/s1. The second-order valence-electron chi connectivity index (χ2n) is 13.2. The van der Waals surface area contributed by atoms with Gasteiger partial charge in [0.15, 0.2) is 8.32 Å². The van der Waals surface area contributed by atoms with Crippen molar-refractivity contribution in [2.75, 3.05) is 6.61 Å². The van der Waals surface area contributed by atoms with Crippen LogP contribution >= 0.6 is 0 Å². The topological polar surface area (TPSA) is 65.1 Å². The first-order chi connectivity index (χ1) is 19.2. The van der Waals surface area contributed by atoms with Crippen LogP contribution in [-0.4, -0.2) is 58.4 Å². The Labute approximate surface area is 253 Å². The van der Waals surface area contributed by atoms with Gasteiger partial charge in [-0.1, -0.05) is 106 Å². The average Bonchev–Trinajstić information content (AvgIpc) is 3.30. The lowest BCUT2D eigenvalue weighted by molar-refractivity contribution is -0.138. The van der Waals surface area contributed by atoms with E-state index in [0.717, 1.165) is 23.7 Å². The van der Waals surface area contributed by atoms with Crippen molar-refractivity contribution in [2.45, 2.75) is 143 Å². The van der Waals surface area contributed by atoms with Crippen LogP contribution in [0.25, 0.3) is 0 Å². The maximum absolute atomic E-state index is 14.2. The minimum Gasteiger partial charge on any atom is -0.447 e. The van der Waals surface area contributed by atoms with Gasteiger partial charge in [-0.15, -0.1) is 0 Å². The summed E-state index contributed by atoms with van der Waals surface area (Å²) in [5.74, 6) is -0.742. The fourth-order valence-corrected chi connectivity index (χ4v) is 15.9. The molecule has 0 aliphatic carbocycles. The van der Waals surface area contributed by atoms with Crippen molar-refractivity contribution in [2.24, 2.45) is 11.8 Å². The summed E-state index contributed by atoms with van der Waals surface area (Å²) in [6, 6.07) is 12.6. The smallest absolute Gasteiger partial charge is 0.416 e. The highest BCUT2D eigenvalue weighted by Gasteiger charge is 2.49. The summed E-state index contributed by atoms with van der Waals surface area (Å²) >= 11 is 0. The number of amides is 2. The molecular weight excluding hydrogens is 547 g/mol. The third-order valence-electron chi connectivity index (χ3n) is 10.1. The van der Waals surface area contributed by atoms with E-state index in [2.05, 4.69) is 76.2 Å². The molecule has 1 aliphatic rings. The molecule has 2 rings (SSSR count). The van der Waals surface area contributed by atoms with E-state index in [9.17, 15) is 9.59 Å². The first-order valence-electron chi connectivity index (χ1n) is 16.1. The average molecular weight is 606 g/mol. The van der Waals surface area contributed by atoms with Gasteiger partial charge in [0, 0.05) is 12.0 Å². The Kier molecular flexibility index (Phi) is 13.3. The van der Waals surface area contributed by atoms with Crippen molar-refractivity contribution >= 4 is 28.6 Å². The van der Waals surface area contributed by atoms with Crippen LogP contribution in [0.15, 0.2) is 30.3 Å². The van der Waals surface area contributed by atoms with Crippen LogP contribution in [0.5, 0.6) is 0 Å². The number of nitrogens with zero attached hydrogens (tertiary/aromatic N) is 1. The number of carbonyl (C=O) groups excluding carboxylic acids is 2. The van der Waals surface area contributed by atoms with Gasteiger partial charge in [0.2, 0.25) is 14.2 Å². The second kappa shape index (κ2) is 15.3. The molecule has 0 aromatic heterocycles. The Bertz CT molecular complexity index is 936. The van der Waals surface area contributed by atoms with Gasteiger partial charge in [0.1, 0.15) is 6.61 Å². The van der Waals surface area contributed by atoms with Crippen LogP contribution < -0.4 is 0 Å². The minimum absolute atomic E-state index is 0.0280. The highest BCUT2D eigenvalue weighted by atomic mass is 28.4. The van der Waals surface area contributed by atoms with Crippen molar-refractivity contribution in [3.63, 3.8) is 0 Å². The van der Waals surface area contributed by atoms with Gasteiger partial charge in [-0.25, -0.2) is 9.69 Å². The SMILES string of the molecule is CC[Si](CC)(CC)O[C@@H]([C@@H](C)[C@@H](C)O[Si](C(C)C)(C(C)C)C(C)C)[C@@H](C)C(=O)N1C(=O)OC[C@H]1Cc1ccccc1. The van der Waals surface area contributed by atoms with Crippen molar-refractivity contribution in [3.05, 3.63) is 35.9 Å². The van der Waals surface area contributed by atoms with E-state index in [0.29, 0.717) is 23.0 Å². The molecule has 1 fully saturated rings. The summed E-state index contributed by atoms with van der Waals surface area (Å²) in [5.41, 5.74) is 2.47. The van der Waals surface area contributed by atoms with Gasteiger partial charge in [-0.3, -0.25) is 4.79 Å². The summed E-state index contributed by atoms with van der Waals surface area (Å²) in [6.45, 7) is 27.0. The number of rotatable bonds is 16. The van der Waals surface area contributed by atoms with E-state index in [1.807, 2.05) is 37.3 Å². The first kappa shape index (κ1) is 35.7. The molecule has 0 N–H and O–H groups in total. The lowest BCUT2D eigenvalue weighted by Gasteiger charge is -2.47. The molecule has 6 nitrogen and oxygen atoms in total. The molecule has 0 saturated carbocycles. The molecule has 0 unspecified atom stereocenters. The molecule has 1 aromatic carbocycles. The van der Waals surface area contributed by atoms with Crippen molar-refractivity contribution in [3.8, 4) is 0 Å². The number of ether oxygens (including phenoxy) is 1. The molecule has 1 saturated heterocycles. The van der Waals surface area contributed by atoms with Gasteiger partial charge in [0.25, 0.3) is 0 Å². The fourth-order valence-electron chi connectivity index (χ4n) is 7.18. The Morgan fingerprint density at radius 2 is 1.39 bits per heavy atom. The number of imide groups is 1. The van der Waals surface area contributed by atoms with Gasteiger partial charge in [-0.2, -0.15) is 0 Å². The molecule has 2 amide bonds. The van der Waals surface area contributed by atoms with Gasteiger partial charge in [0.05, 0.1) is 18.1 Å². The predicted molar refractivity (Wildman–Crippen MR) is 174 cm³/mol. The van der Waals surface area contributed by atoms with E-state index < -0.39 is 28.6 Å². The van der Waals surface area contributed by atoms with E-state index in [-0.39, 0.29) is 36.7 Å². The van der Waals surface area contributed by atoms with Gasteiger partial charge < -0.3 is 13.6 Å². The van der Waals surface area contributed by atoms with Crippen LogP contribution in [0, 0.1) is 11.8 Å². The molecule has 0 spiro atoms. The Morgan fingerprint density at radius 1 is 0.878 bits per heavy atom. The van der Waals surface area contributed by atoms with Crippen molar-refractivity contribution in [1.29, 1.82) is 0 Å². The number of cyclic esters (lactones) is 1. The Balaban J connectivity index is 2.45. The third-order valence-corrected chi connectivity index (χ3v) is 20.9. The van der Waals surface area contributed by atoms with Gasteiger partial charge in [-0.05, 0) is 53.7 Å². The summed E-state index contributed by atoms with van der Waals surface area (Å²) < 4.78 is 19.8. The Morgan fingerprint density at radius 3 is 1.85 bits per heavy atom. The highest BCUT2D eigenvalue weighted by Crippen LogP contribution is 2.44. The summed E-state index contributed by atoms with van der Waals surface area (Å²) in [4.78, 5) is 28.5. The lowest BCUT2D eigenvalue weighted by atomic mass is 9.88. The number of benzene rings is 1. The molecule has 0 radical (unpaired) electrons. The quantitative estimate of drug-likeness (QED) is 0.176. The Hall–Kier alpha value is -1.49. The number of carbonyl (C=O) groups is 2. The molecule has 41 heavy (non-hydrogen) atoms. The molecule has 0 bridgehead atoms. The maximum Gasteiger partial charge on any atom is 0.416 e. The third kappa shape index (κ3) is 7.92. The zero-order chi connectivity index (χ0) is 31.1. The zero-order valence-electron chi connectivity index (χ0n) is 28.0. The monoisotopic (exact) mass is 605 g/mol. The molecule has 8 heteroatoms. The van der Waals surface area contributed by atoms with Crippen LogP contribution in [-0.2, 0) is 24.8 Å². The molecule has 1 aliphatic heterocycles. The zero-order valence-corrected chi connectivity index (χ0v) is 30.0. The van der Waals surface area contributed by atoms with E-state index in [4.69, 9.17) is 13.6 Å². The summed E-state index contributed by atoms with van der Waals surface area (Å²) in [7, 11) is -4.24. The summed E-state index contributed by atoms with van der Waals surface area (Å²) in [5, 5.41) is 0. The molecule has 1 heterocycles. The largest absolute Gasteiger partial charge is 0.447 e. The number of hydrogen-bond donors (Lipinski definition) is 0. The predicted octanol–water partition coefficient (Wildman–Crippen LogP) is 8.82. The van der Waals surface area contributed by atoms with Crippen LogP contribution in [0.4, 0.5) is 4.79 Å². The van der Waals surface area contributed by atoms with E-state index in [1.165, 1.54) is 4.90 Å². The van der Waals surface area contributed by atoms with Crippen molar-refractivity contribution < 1.29 is 23.2 Å². The minimum atomic E-state index is -2.15. The van der Waals surface area contributed by atoms with Crippen LogP contribution in [0.2, 0.25) is 34.8 Å². The normalized spacial score (nSPS) is 19.5. The molecule has 1 aromatic rings. The van der Waals surface area contributed by atoms with E-state index in [1.54, 1.807) is 0 Å². The summed E-state index contributed by atoms with van der Waals surface area (Å²) in [6.07, 6.45) is -0.409. The fraction of sp³-hybridized carbons (Fsp3) is 0.758. The highest BCUT2D eigenvalue weighted by molar-refractivity contribution is 6.77. The van der Waals surface area contributed by atoms with E-state index >= 15 is 0 Å². The second-order valence-corrected chi connectivity index (χ2v) is 23.4. The molecule has 234 valence electrons. The van der Waals surface area contributed by atoms with Crippen LogP contribution in [0.1, 0.15) is 88.6 Å². The van der Waals surface area contributed by atoms with Crippen molar-refractivity contribution in [1.82, 2.24) is 4.90 Å². The molecule has 5 atom stereocenters.